The molecule has 3 rings (SSSR count). The maximum atomic E-state index is 3.82. The van der Waals surface area contributed by atoms with Gasteiger partial charge in [0.05, 0.1) is 0 Å². The predicted molar refractivity (Wildman–Crippen MR) is 62.8 cm³/mol. The fraction of sp³-hybridized carbons (Fsp3) is 1.00. The van der Waals surface area contributed by atoms with E-state index >= 15 is 0 Å². The van der Waals surface area contributed by atoms with Gasteiger partial charge in [0.1, 0.15) is 0 Å². The van der Waals surface area contributed by atoms with Crippen LogP contribution in [0.15, 0.2) is 0 Å². The Bertz CT molecular complexity index is 191. The molecule has 3 aliphatic rings. The third-order valence-electron chi connectivity index (χ3n) is 4.44. The van der Waals surface area contributed by atoms with E-state index in [-0.39, 0.29) is 0 Å². The molecule has 0 bridgehead atoms. The summed E-state index contributed by atoms with van der Waals surface area (Å²) in [5.41, 5.74) is 0. The summed E-state index contributed by atoms with van der Waals surface area (Å²) in [6.45, 7) is 3.75. The second kappa shape index (κ2) is 4.42. The summed E-state index contributed by atoms with van der Waals surface area (Å²) in [6, 6.07) is 0.811. The zero-order valence-corrected chi connectivity index (χ0v) is 9.67. The van der Waals surface area contributed by atoms with Crippen molar-refractivity contribution in [2.45, 2.75) is 44.6 Å². The van der Waals surface area contributed by atoms with Gasteiger partial charge in [-0.05, 0) is 75.9 Å². The summed E-state index contributed by atoms with van der Waals surface area (Å²) in [5.74, 6) is 3.25. The van der Waals surface area contributed by atoms with Crippen LogP contribution in [0.4, 0.5) is 0 Å². The van der Waals surface area contributed by atoms with Crippen LogP contribution in [0.1, 0.15) is 38.5 Å². The SMILES string of the molecule is C1CC(NCC(C2CC2)C2CC2)CCN1. The highest BCUT2D eigenvalue weighted by Gasteiger charge is 2.41. The standard InChI is InChI=1S/C13H24N2/c1-2-10(1)13(11-3-4-11)9-15-12-5-7-14-8-6-12/h10-15H,1-9H2. The average Bonchev–Trinajstić information content (AvgIpc) is 3.14. The Balaban J connectivity index is 1.42. The Morgan fingerprint density at radius 2 is 1.53 bits per heavy atom. The molecular formula is C13H24N2. The first-order valence-corrected chi connectivity index (χ1v) is 6.87. The molecule has 1 heterocycles. The number of piperidine rings is 1. The van der Waals surface area contributed by atoms with Crippen LogP contribution in [0.3, 0.4) is 0 Å². The molecule has 0 radical (unpaired) electrons. The van der Waals surface area contributed by atoms with E-state index in [1.54, 1.807) is 0 Å². The molecule has 1 saturated heterocycles. The normalized spacial score (nSPS) is 28.6. The lowest BCUT2D eigenvalue weighted by atomic mass is 9.96. The molecule has 0 spiro atoms. The lowest BCUT2D eigenvalue weighted by molar-refractivity contribution is 0.320. The molecule has 3 fully saturated rings. The predicted octanol–water partition coefficient (Wildman–Crippen LogP) is 1.76. The molecule has 0 atom stereocenters. The molecule has 0 aromatic heterocycles. The number of hydrogen-bond donors (Lipinski definition) is 2. The minimum absolute atomic E-state index is 0.811. The van der Waals surface area contributed by atoms with E-state index in [1.807, 2.05) is 0 Å². The van der Waals surface area contributed by atoms with Crippen LogP contribution in [0.2, 0.25) is 0 Å². The van der Waals surface area contributed by atoms with Crippen molar-refractivity contribution in [3.05, 3.63) is 0 Å². The molecule has 2 nitrogen and oxygen atoms in total. The first kappa shape index (κ1) is 10.1. The maximum Gasteiger partial charge on any atom is 0.00913 e. The van der Waals surface area contributed by atoms with Crippen molar-refractivity contribution >= 4 is 0 Å². The highest BCUT2D eigenvalue weighted by atomic mass is 15.0. The molecule has 15 heavy (non-hydrogen) atoms. The zero-order chi connectivity index (χ0) is 10.1. The van der Waals surface area contributed by atoms with Gasteiger partial charge in [-0.15, -0.1) is 0 Å². The molecule has 86 valence electrons. The number of rotatable bonds is 5. The number of hydrogen-bond acceptors (Lipinski definition) is 2. The molecule has 0 unspecified atom stereocenters. The minimum atomic E-state index is 0.811. The zero-order valence-electron chi connectivity index (χ0n) is 9.67. The highest BCUT2D eigenvalue weighted by molar-refractivity contribution is 4.93. The van der Waals surface area contributed by atoms with Crippen molar-refractivity contribution in [3.63, 3.8) is 0 Å². The van der Waals surface area contributed by atoms with Crippen molar-refractivity contribution in [2.24, 2.45) is 17.8 Å². The van der Waals surface area contributed by atoms with E-state index in [0.29, 0.717) is 0 Å². The molecule has 0 aromatic carbocycles. The molecule has 0 amide bonds. The van der Waals surface area contributed by atoms with E-state index in [2.05, 4.69) is 10.6 Å². The second-order valence-corrected chi connectivity index (χ2v) is 5.77. The lowest BCUT2D eigenvalue weighted by Gasteiger charge is -2.26. The van der Waals surface area contributed by atoms with Crippen LogP contribution in [0.25, 0.3) is 0 Å². The van der Waals surface area contributed by atoms with E-state index in [9.17, 15) is 0 Å². The van der Waals surface area contributed by atoms with Gasteiger partial charge in [-0.3, -0.25) is 0 Å². The van der Waals surface area contributed by atoms with Gasteiger partial charge in [-0.1, -0.05) is 0 Å². The third-order valence-corrected chi connectivity index (χ3v) is 4.44. The Morgan fingerprint density at radius 1 is 0.933 bits per heavy atom. The summed E-state index contributed by atoms with van der Waals surface area (Å²) in [5, 5.41) is 7.26. The quantitative estimate of drug-likeness (QED) is 0.719. The van der Waals surface area contributed by atoms with E-state index in [0.717, 1.165) is 23.8 Å². The van der Waals surface area contributed by atoms with Gasteiger partial charge in [-0.25, -0.2) is 0 Å². The fourth-order valence-electron chi connectivity index (χ4n) is 3.10. The van der Waals surface area contributed by atoms with Crippen molar-refractivity contribution in [1.29, 1.82) is 0 Å². The Hall–Kier alpha value is -0.0800. The first-order chi connectivity index (χ1) is 7.43. The highest BCUT2D eigenvalue weighted by Crippen LogP contribution is 2.48. The molecule has 0 aromatic rings. The van der Waals surface area contributed by atoms with Crippen LogP contribution >= 0.6 is 0 Å². The van der Waals surface area contributed by atoms with E-state index in [4.69, 9.17) is 0 Å². The van der Waals surface area contributed by atoms with Gasteiger partial charge in [0, 0.05) is 6.04 Å². The first-order valence-electron chi connectivity index (χ1n) is 6.87. The summed E-state index contributed by atoms with van der Waals surface area (Å²) in [7, 11) is 0. The van der Waals surface area contributed by atoms with Gasteiger partial charge in [-0.2, -0.15) is 0 Å². The van der Waals surface area contributed by atoms with Crippen LogP contribution in [0.5, 0.6) is 0 Å². The van der Waals surface area contributed by atoms with Crippen molar-refractivity contribution < 1.29 is 0 Å². The molecule has 2 N–H and O–H groups in total. The summed E-state index contributed by atoms with van der Waals surface area (Å²) in [6.07, 6.45) is 8.76. The van der Waals surface area contributed by atoms with Gasteiger partial charge >= 0.3 is 0 Å². The van der Waals surface area contributed by atoms with Crippen LogP contribution in [-0.4, -0.2) is 25.7 Å². The molecule has 1 aliphatic heterocycles. The number of nitrogens with one attached hydrogen (secondary N) is 2. The lowest BCUT2D eigenvalue weighted by Crippen LogP contribution is -2.42. The van der Waals surface area contributed by atoms with Crippen molar-refractivity contribution in [2.75, 3.05) is 19.6 Å². The smallest absolute Gasteiger partial charge is 0.00913 e. The topological polar surface area (TPSA) is 24.1 Å². The van der Waals surface area contributed by atoms with Gasteiger partial charge < -0.3 is 10.6 Å². The largest absolute Gasteiger partial charge is 0.317 e. The van der Waals surface area contributed by atoms with Gasteiger partial charge in [0.15, 0.2) is 0 Å². The second-order valence-electron chi connectivity index (χ2n) is 5.77. The molecular weight excluding hydrogens is 184 g/mol. The van der Waals surface area contributed by atoms with E-state index in [1.165, 1.54) is 58.2 Å². The average molecular weight is 208 g/mol. The summed E-state index contributed by atoms with van der Waals surface area (Å²) in [4.78, 5) is 0. The maximum absolute atomic E-state index is 3.82. The van der Waals surface area contributed by atoms with E-state index < -0.39 is 0 Å². The Labute approximate surface area is 93.2 Å². The van der Waals surface area contributed by atoms with Crippen molar-refractivity contribution in [1.82, 2.24) is 10.6 Å². The van der Waals surface area contributed by atoms with Gasteiger partial charge in [0.25, 0.3) is 0 Å². The van der Waals surface area contributed by atoms with Gasteiger partial charge in [0.2, 0.25) is 0 Å². The summed E-state index contributed by atoms with van der Waals surface area (Å²) < 4.78 is 0. The van der Waals surface area contributed by atoms with Crippen LogP contribution < -0.4 is 10.6 Å². The van der Waals surface area contributed by atoms with Crippen LogP contribution in [-0.2, 0) is 0 Å². The Kier molecular flexibility index (Phi) is 2.98. The molecule has 2 saturated carbocycles. The van der Waals surface area contributed by atoms with Crippen LogP contribution in [0, 0.1) is 17.8 Å². The van der Waals surface area contributed by atoms with Crippen molar-refractivity contribution in [3.8, 4) is 0 Å². The fourth-order valence-corrected chi connectivity index (χ4v) is 3.10. The Morgan fingerprint density at radius 3 is 2.07 bits per heavy atom. The molecule has 2 aliphatic carbocycles. The monoisotopic (exact) mass is 208 g/mol. The minimum Gasteiger partial charge on any atom is -0.317 e. The molecule has 2 heteroatoms. The summed E-state index contributed by atoms with van der Waals surface area (Å²) >= 11 is 0. The third kappa shape index (κ3) is 2.73.